The van der Waals surface area contributed by atoms with Gasteiger partial charge in [-0.05, 0) is 17.7 Å². The van der Waals surface area contributed by atoms with Crippen molar-refractivity contribution < 1.29 is 18.3 Å². The largest absolute Gasteiger partial charge is 0.508 e. The van der Waals surface area contributed by atoms with Crippen LogP contribution in [0.15, 0.2) is 24.3 Å². The van der Waals surface area contributed by atoms with Gasteiger partial charge in [0.15, 0.2) is 0 Å². The molecule has 0 spiro atoms. The lowest BCUT2D eigenvalue weighted by Crippen LogP contribution is -2.20. The molecule has 0 radical (unpaired) electrons. The molecule has 1 atom stereocenters. The average Bonchev–Trinajstić information content (AvgIpc) is 2.02. The molecule has 1 rings (SSSR count). The van der Waals surface area contributed by atoms with Crippen LogP contribution in [0.1, 0.15) is 18.0 Å². The van der Waals surface area contributed by atoms with Crippen molar-refractivity contribution in [3.63, 3.8) is 0 Å². The van der Waals surface area contributed by atoms with E-state index in [1.54, 1.807) is 0 Å². The van der Waals surface area contributed by atoms with Crippen molar-refractivity contribution in [1.82, 2.24) is 0 Å². The van der Waals surface area contributed by atoms with Gasteiger partial charge in [0, 0.05) is 6.04 Å². The van der Waals surface area contributed by atoms with E-state index in [2.05, 4.69) is 0 Å². The zero-order chi connectivity index (χ0) is 10.8. The second kappa shape index (κ2) is 3.88. The molecule has 1 aromatic rings. The third kappa shape index (κ3) is 3.26. The Morgan fingerprint density at radius 1 is 1.21 bits per heavy atom. The third-order valence-electron chi connectivity index (χ3n) is 1.77. The van der Waals surface area contributed by atoms with Gasteiger partial charge in [0.2, 0.25) is 0 Å². The van der Waals surface area contributed by atoms with Gasteiger partial charge in [-0.1, -0.05) is 12.1 Å². The Morgan fingerprint density at radius 3 is 2.14 bits per heavy atom. The van der Waals surface area contributed by atoms with Crippen molar-refractivity contribution in [2.75, 3.05) is 0 Å². The number of hydrogen-bond acceptors (Lipinski definition) is 2. The van der Waals surface area contributed by atoms with Crippen LogP contribution in [0.25, 0.3) is 0 Å². The van der Waals surface area contributed by atoms with Gasteiger partial charge in [0.1, 0.15) is 5.75 Å². The summed E-state index contributed by atoms with van der Waals surface area (Å²) in [5.74, 6) is 0.00737. The zero-order valence-corrected chi connectivity index (χ0v) is 7.25. The number of phenols is 1. The first-order valence-electron chi connectivity index (χ1n) is 4.00. The molecule has 0 bridgehead atoms. The second-order valence-corrected chi connectivity index (χ2v) is 3.02. The molecule has 2 nitrogen and oxygen atoms in total. The summed E-state index contributed by atoms with van der Waals surface area (Å²) in [7, 11) is 0. The smallest absolute Gasteiger partial charge is 0.390 e. The molecule has 0 fully saturated rings. The maximum atomic E-state index is 11.9. The SMILES string of the molecule is N[C@@H](CC(F)(F)F)c1ccc(O)cc1. The Labute approximate surface area is 79.2 Å². The maximum absolute atomic E-state index is 11.9. The van der Waals surface area contributed by atoms with Crippen LogP contribution in [-0.4, -0.2) is 11.3 Å². The number of benzene rings is 1. The maximum Gasteiger partial charge on any atom is 0.390 e. The Hall–Kier alpha value is -1.23. The highest BCUT2D eigenvalue weighted by Crippen LogP contribution is 2.28. The summed E-state index contributed by atoms with van der Waals surface area (Å²) in [6.07, 6.45) is -5.32. The lowest BCUT2D eigenvalue weighted by Gasteiger charge is -2.14. The van der Waals surface area contributed by atoms with Crippen LogP contribution in [0.2, 0.25) is 0 Å². The topological polar surface area (TPSA) is 46.2 Å². The highest BCUT2D eigenvalue weighted by Gasteiger charge is 2.30. The molecule has 0 aliphatic carbocycles. The fourth-order valence-electron chi connectivity index (χ4n) is 1.09. The Balaban J connectivity index is 2.70. The summed E-state index contributed by atoms with van der Waals surface area (Å²) < 4.78 is 35.8. The number of halogens is 3. The molecule has 14 heavy (non-hydrogen) atoms. The van der Waals surface area contributed by atoms with Crippen LogP contribution >= 0.6 is 0 Å². The first-order valence-corrected chi connectivity index (χ1v) is 4.00. The fourth-order valence-corrected chi connectivity index (χ4v) is 1.09. The quantitative estimate of drug-likeness (QED) is 0.778. The number of alkyl halides is 3. The predicted molar refractivity (Wildman–Crippen MR) is 45.7 cm³/mol. The van der Waals surface area contributed by atoms with E-state index in [0.29, 0.717) is 5.56 Å². The van der Waals surface area contributed by atoms with E-state index in [1.807, 2.05) is 0 Å². The molecule has 0 aromatic heterocycles. The first kappa shape index (κ1) is 10.8. The lowest BCUT2D eigenvalue weighted by molar-refractivity contribution is -0.138. The number of rotatable bonds is 2. The predicted octanol–water partition coefficient (Wildman–Crippen LogP) is 2.34. The molecule has 0 unspecified atom stereocenters. The van der Waals surface area contributed by atoms with Gasteiger partial charge in [-0.25, -0.2) is 0 Å². The summed E-state index contributed by atoms with van der Waals surface area (Å²) in [5.41, 5.74) is 5.69. The normalized spacial score (nSPS) is 14.0. The van der Waals surface area contributed by atoms with E-state index in [4.69, 9.17) is 10.8 Å². The molecule has 3 N–H and O–H groups in total. The molecule has 0 aliphatic rings. The van der Waals surface area contributed by atoms with Crippen LogP contribution in [0.5, 0.6) is 5.75 Å². The monoisotopic (exact) mass is 205 g/mol. The van der Waals surface area contributed by atoms with Gasteiger partial charge in [0.25, 0.3) is 0 Å². The molecule has 5 heteroatoms. The molecule has 0 heterocycles. The molecule has 0 amide bonds. The second-order valence-electron chi connectivity index (χ2n) is 3.02. The van der Waals surface area contributed by atoms with E-state index in [1.165, 1.54) is 24.3 Å². The van der Waals surface area contributed by atoms with Crippen LogP contribution in [-0.2, 0) is 0 Å². The zero-order valence-electron chi connectivity index (χ0n) is 7.25. The highest BCUT2D eigenvalue weighted by atomic mass is 19.4. The van der Waals surface area contributed by atoms with Crippen molar-refractivity contribution >= 4 is 0 Å². The van der Waals surface area contributed by atoms with Crippen LogP contribution < -0.4 is 5.73 Å². The molecule has 0 aliphatic heterocycles. The van der Waals surface area contributed by atoms with Gasteiger partial charge in [-0.2, -0.15) is 13.2 Å². The highest BCUT2D eigenvalue weighted by molar-refractivity contribution is 5.27. The Morgan fingerprint density at radius 2 is 1.71 bits per heavy atom. The van der Waals surface area contributed by atoms with Crippen molar-refractivity contribution in [2.45, 2.75) is 18.6 Å². The van der Waals surface area contributed by atoms with E-state index in [9.17, 15) is 13.2 Å². The number of nitrogens with two attached hydrogens (primary N) is 1. The summed E-state index contributed by atoms with van der Waals surface area (Å²) in [6.45, 7) is 0. The average molecular weight is 205 g/mol. The van der Waals surface area contributed by atoms with Gasteiger partial charge >= 0.3 is 6.18 Å². The molecular formula is C9H10F3NO. The van der Waals surface area contributed by atoms with E-state index in [0.717, 1.165) is 0 Å². The fraction of sp³-hybridized carbons (Fsp3) is 0.333. The van der Waals surface area contributed by atoms with Gasteiger partial charge in [-0.15, -0.1) is 0 Å². The van der Waals surface area contributed by atoms with Crippen molar-refractivity contribution in [3.8, 4) is 5.75 Å². The minimum Gasteiger partial charge on any atom is -0.508 e. The van der Waals surface area contributed by atoms with Gasteiger partial charge in [0.05, 0.1) is 6.42 Å². The van der Waals surface area contributed by atoms with Gasteiger partial charge < -0.3 is 10.8 Å². The molecule has 78 valence electrons. The Bertz CT molecular complexity index is 294. The van der Waals surface area contributed by atoms with Crippen LogP contribution in [0.3, 0.4) is 0 Å². The van der Waals surface area contributed by atoms with Crippen molar-refractivity contribution in [3.05, 3.63) is 29.8 Å². The molecular weight excluding hydrogens is 195 g/mol. The molecule has 0 saturated carbocycles. The third-order valence-corrected chi connectivity index (χ3v) is 1.77. The summed E-state index contributed by atoms with van der Waals surface area (Å²) in [6, 6.07) is 4.31. The van der Waals surface area contributed by atoms with Crippen LogP contribution in [0.4, 0.5) is 13.2 Å². The van der Waals surface area contributed by atoms with Crippen LogP contribution in [0, 0.1) is 0 Å². The standard InChI is InChI=1S/C9H10F3NO/c10-9(11,12)5-8(13)6-1-3-7(14)4-2-6/h1-4,8,14H,5,13H2/t8-/m0/s1. The van der Waals surface area contributed by atoms with Crippen molar-refractivity contribution in [1.29, 1.82) is 0 Å². The number of aromatic hydroxyl groups is 1. The van der Waals surface area contributed by atoms with Gasteiger partial charge in [-0.3, -0.25) is 0 Å². The lowest BCUT2D eigenvalue weighted by atomic mass is 10.0. The summed E-state index contributed by atoms with van der Waals surface area (Å²) in [5, 5.41) is 8.91. The van der Waals surface area contributed by atoms with E-state index < -0.39 is 18.6 Å². The van der Waals surface area contributed by atoms with Crippen molar-refractivity contribution in [2.24, 2.45) is 5.73 Å². The number of phenolic OH excluding ortho intramolecular Hbond substituents is 1. The summed E-state index contributed by atoms with van der Waals surface area (Å²) >= 11 is 0. The first-order chi connectivity index (χ1) is 6.38. The van der Waals surface area contributed by atoms with E-state index in [-0.39, 0.29) is 5.75 Å². The molecule has 1 aromatic carbocycles. The minimum absolute atomic E-state index is 0.00737. The summed E-state index contributed by atoms with van der Waals surface area (Å²) in [4.78, 5) is 0. The minimum atomic E-state index is -4.27. The number of hydrogen-bond donors (Lipinski definition) is 2. The Kier molecular flexibility index (Phi) is 3.00. The van der Waals surface area contributed by atoms with E-state index >= 15 is 0 Å². The molecule has 0 saturated heterocycles.